The van der Waals surface area contributed by atoms with Crippen LogP contribution in [0, 0.1) is 0 Å². The van der Waals surface area contributed by atoms with Crippen molar-refractivity contribution < 1.29 is 9.59 Å². The average molecular weight is 409 g/mol. The van der Waals surface area contributed by atoms with E-state index in [-0.39, 0.29) is 11.8 Å². The van der Waals surface area contributed by atoms with Crippen LogP contribution in [0.4, 0.5) is 0 Å². The van der Waals surface area contributed by atoms with Crippen molar-refractivity contribution in [3.8, 4) is 0 Å². The fraction of sp³-hybridized carbons (Fsp3) is 0.263. The van der Waals surface area contributed by atoms with Crippen molar-refractivity contribution in [3.63, 3.8) is 0 Å². The topological polar surface area (TPSA) is 58.2 Å². The Morgan fingerprint density at radius 2 is 1.69 bits per heavy atom. The SMILES string of the molecule is CCCSCC(=O)NNC(=O)c1ccc(CSc2ccc(Cl)cc2)cc1. The zero-order valence-electron chi connectivity index (χ0n) is 14.5. The number of carbonyl (C=O) groups is 2. The third-order valence-electron chi connectivity index (χ3n) is 3.33. The molecule has 2 aromatic rings. The highest BCUT2D eigenvalue weighted by Crippen LogP contribution is 2.24. The molecule has 0 heterocycles. The number of halogens is 1. The summed E-state index contributed by atoms with van der Waals surface area (Å²) in [5.41, 5.74) is 6.49. The summed E-state index contributed by atoms with van der Waals surface area (Å²) >= 11 is 9.12. The zero-order chi connectivity index (χ0) is 18.8. The van der Waals surface area contributed by atoms with Crippen LogP contribution in [-0.2, 0) is 10.5 Å². The highest BCUT2D eigenvalue weighted by Gasteiger charge is 2.07. The molecule has 0 atom stereocenters. The lowest BCUT2D eigenvalue weighted by molar-refractivity contribution is -0.119. The number of benzene rings is 2. The lowest BCUT2D eigenvalue weighted by Gasteiger charge is -2.08. The second-order valence-electron chi connectivity index (χ2n) is 5.49. The van der Waals surface area contributed by atoms with Crippen LogP contribution < -0.4 is 10.9 Å². The van der Waals surface area contributed by atoms with E-state index in [4.69, 9.17) is 11.6 Å². The quantitative estimate of drug-likeness (QED) is 0.382. The van der Waals surface area contributed by atoms with Crippen molar-refractivity contribution in [1.82, 2.24) is 10.9 Å². The van der Waals surface area contributed by atoms with Gasteiger partial charge in [0.15, 0.2) is 0 Å². The highest BCUT2D eigenvalue weighted by atomic mass is 35.5. The van der Waals surface area contributed by atoms with E-state index in [9.17, 15) is 9.59 Å². The fourth-order valence-corrected chi connectivity index (χ4v) is 3.66. The predicted molar refractivity (Wildman–Crippen MR) is 111 cm³/mol. The summed E-state index contributed by atoms with van der Waals surface area (Å²) in [5.74, 6) is 1.55. The molecule has 0 spiro atoms. The minimum atomic E-state index is -0.323. The molecule has 2 rings (SSSR count). The van der Waals surface area contributed by atoms with Crippen LogP contribution in [0.5, 0.6) is 0 Å². The van der Waals surface area contributed by atoms with Gasteiger partial charge < -0.3 is 0 Å². The third-order valence-corrected chi connectivity index (χ3v) is 5.83. The van der Waals surface area contributed by atoms with E-state index in [1.54, 1.807) is 35.7 Å². The first-order valence-electron chi connectivity index (χ1n) is 8.22. The van der Waals surface area contributed by atoms with Gasteiger partial charge in [0.1, 0.15) is 0 Å². The molecule has 0 fully saturated rings. The van der Waals surface area contributed by atoms with Gasteiger partial charge in [0.2, 0.25) is 5.91 Å². The predicted octanol–water partition coefficient (Wildman–Crippen LogP) is 4.54. The van der Waals surface area contributed by atoms with E-state index in [0.29, 0.717) is 11.3 Å². The van der Waals surface area contributed by atoms with Crippen molar-refractivity contribution in [2.75, 3.05) is 11.5 Å². The van der Waals surface area contributed by atoms with Gasteiger partial charge in [-0.05, 0) is 54.1 Å². The molecule has 0 aliphatic heterocycles. The number of rotatable bonds is 8. The maximum Gasteiger partial charge on any atom is 0.269 e. The van der Waals surface area contributed by atoms with Crippen LogP contribution in [-0.4, -0.2) is 23.3 Å². The number of nitrogens with one attached hydrogen (secondary N) is 2. The standard InChI is InChI=1S/C19H21ClN2O2S2/c1-2-11-25-13-18(23)21-22-19(24)15-5-3-14(4-6-15)12-26-17-9-7-16(20)8-10-17/h3-10H,2,11-13H2,1H3,(H,21,23)(H,22,24). The van der Waals surface area contributed by atoms with E-state index in [0.717, 1.165) is 33.4 Å². The summed E-state index contributed by atoms with van der Waals surface area (Å²) in [6.45, 7) is 2.06. The molecular weight excluding hydrogens is 388 g/mol. The lowest BCUT2D eigenvalue weighted by Crippen LogP contribution is -2.42. The summed E-state index contributed by atoms with van der Waals surface area (Å²) in [7, 11) is 0. The van der Waals surface area contributed by atoms with Gasteiger partial charge >= 0.3 is 0 Å². The van der Waals surface area contributed by atoms with Gasteiger partial charge in [0, 0.05) is 21.2 Å². The van der Waals surface area contributed by atoms with Gasteiger partial charge in [-0.25, -0.2) is 0 Å². The van der Waals surface area contributed by atoms with E-state index in [1.807, 2.05) is 36.4 Å². The monoisotopic (exact) mass is 408 g/mol. The number of hydrazine groups is 1. The van der Waals surface area contributed by atoms with Gasteiger partial charge in [-0.15, -0.1) is 11.8 Å². The Balaban J connectivity index is 1.77. The van der Waals surface area contributed by atoms with E-state index in [2.05, 4.69) is 17.8 Å². The Labute approximate surface area is 167 Å². The molecule has 7 heteroatoms. The molecular formula is C19H21ClN2O2S2. The molecule has 0 saturated heterocycles. The summed E-state index contributed by atoms with van der Waals surface area (Å²) < 4.78 is 0. The Hall–Kier alpha value is -1.63. The molecule has 26 heavy (non-hydrogen) atoms. The molecule has 0 saturated carbocycles. The molecule has 0 unspecified atom stereocenters. The molecule has 4 nitrogen and oxygen atoms in total. The van der Waals surface area contributed by atoms with Crippen LogP contribution in [0.2, 0.25) is 5.02 Å². The smallest absolute Gasteiger partial charge is 0.269 e. The van der Waals surface area contributed by atoms with Gasteiger partial charge in [-0.2, -0.15) is 11.8 Å². The lowest BCUT2D eigenvalue weighted by atomic mass is 10.1. The molecule has 0 aromatic heterocycles. The number of thioether (sulfide) groups is 2. The molecule has 0 radical (unpaired) electrons. The molecule has 2 amide bonds. The van der Waals surface area contributed by atoms with Crippen LogP contribution in [0.1, 0.15) is 29.3 Å². The van der Waals surface area contributed by atoms with E-state index >= 15 is 0 Å². The Morgan fingerprint density at radius 1 is 1.00 bits per heavy atom. The minimum Gasteiger partial charge on any atom is -0.272 e. The molecule has 2 N–H and O–H groups in total. The minimum absolute atomic E-state index is 0.201. The van der Waals surface area contributed by atoms with Crippen LogP contribution >= 0.6 is 35.1 Å². The second-order valence-corrected chi connectivity index (χ2v) is 8.08. The Kier molecular flexibility index (Phi) is 8.88. The van der Waals surface area contributed by atoms with Gasteiger partial charge in [0.25, 0.3) is 5.91 Å². The summed E-state index contributed by atoms with van der Waals surface area (Å²) in [4.78, 5) is 24.8. The van der Waals surface area contributed by atoms with E-state index in [1.165, 1.54) is 0 Å². The summed E-state index contributed by atoms with van der Waals surface area (Å²) in [5, 5.41) is 0.723. The molecule has 0 aliphatic rings. The summed E-state index contributed by atoms with van der Waals surface area (Å²) in [6, 6.07) is 15.0. The van der Waals surface area contributed by atoms with Crippen molar-refractivity contribution in [2.45, 2.75) is 24.0 Å². The summed E-state index contributed by atoms with van der Waals surface area (Å²) in [6.07, 6.45) is 1.02. The molecule has 0 aliphatic carbocycles. The van der Waals surface area contributed by atoms with Crippen molar-refractivity contribution in [1.29, 1.82) is 0 Å². The Bertz CT molecular complexity index is 721. The van der Waals surface area contributed by atoms with E-state index < -0.39 is 0 Å². The maximum absolute atomic E-state index is 12.1. The maximum atomic E-state index is 12.1. The number of hydrogen-bond donors (Lipinski definition) is 2. The Morgan fingerprint density at radius 3 is 2.35 bits per heavy atom. The number of carbonyl (C=O) groups excluding carboxylic acids is 2. The normalized spacial score (nSPS) is 10.4. The van der Waals surface area contributed by atoms with Crippen molar-refractivity contribution in [3.05, 3.63) is 64.7 Å². The van der Waals surface area contributed by atoms with Crippen molar-refractivity contribution in [2.24, 2.45) is 0 Å². The first-order chi connectivity index (χ1) is 12.6. The van der Waals surface area contributed by atoms with Gasteiger partial charge in [0.05, 0.1) is 5.75 Å². The molecule has 138 valence electrons. The number of hydrogen-bond acceptors (Lipinski definition) is 4. The molecule has 2 aromatic carbocycles. The zero-order valence-corrected chi connectivity index (χ0v) is 16.8. The largest absolute Gasteiger partial charge is 0.272 e. The van der Waals surface area contributed by atoms with Gasteiger partial charge in [-0.3, -0.25) is 20.4 Å². The van der Waals surface area contributed by atoms with Crippen LogP contribution in [0.15, 0.2) is 53.4 Å². The first kappa shape index (κ1) is 20.7. The number of amides is 2. The average Bonchev–Trinajstić information content (AvgIpc) is 2.66. The first-order valence-corrected chi connectivity index (χ1v) is 10.7. The second kappa shape index (κ2) is 11.2. The van der Waals surface area contributed by atoms with Crippen LogP contribution in [0.3, 0.4) is 0 Å². The van der Waals surface area contributed by atoms with Crippen LogP contribution in [0.25, 0.3) is 0 Å². The highest BCUT2D eigenvalue weighted by molar-refractivity contribution is 7.99. The fourth-order valence-electron chi connectivity index (χ4n) is 1.99. The van der Waals surface area contributed by atoms with Gasteiger partial charge in [-0.1, -0.05) is 30.7 Å². The molecule has 0 bridgehead atoms. The third kappa shape index (κ3) is 7.32. The van der Waals surface area contributed by atoms with Crippen molar-refractivity contribution >= 4 is 46.9 Å².